The molecule has 0 aromatic carbocycles. The summed E-state index contributed by atoms with van der Waals surface area (Å²) in [5.41, 5.74) is 0. The van der Waals surface area contributed by atoms with E-state index in [1.807, 2.05) is 0 Å². The van der Waals surface area contributed by atoms with Gasteiger partial charge in [0.1, 0.15) is 0 Å². The number of hydrogen-bond donors (Lipinski definition) is 0. The molecule has 0 fully saturated rings. The second-order valence-corrected chi connectivity index (χ2v) is 9.60. The van der Waals surface area contributed by atoms with Crippen LogP contribution in [0, 0.1) is 0 Å². The minimum Gasteiger partial charge on any atom is -0.193 e. The molecule has 11 heavy (non-hydrogen) atoms. The summed E-state index contributed by atoms with van der Waals surface area (Å²) < 4.78 is 56.5. The molecule has 0 radical (unpaired) electrons. The van der Waals surface area contributed by atoms with Gasteiger partial charge in [-0.25, -0.2) is 0 Å². The summed E-state index contributed by atoms with van der Waals surface area (Å²) in [6.45, 7) is 0. The molecular formula is C3Br2F5I. The van der Waals surface area contributed by atoms with Gasteiger partial charge in [-0.3, -0.25) is 0 Å². The van der Waals surface area contributed by atoms with E-state index in [2.05, 4.69) is 31.9 Å². The van der Waals surface area contributed by atoms with E-state index >= 15 is 0 Å². The summed E-state index contributed by atoms with van der Waals surface area (Å²) in [7, 11) is 0. The molecule has 0 aliphatic heterocycles. The van der Waals surface area contributed by atoms with Crippen LogP contribution in [0.1, 0.15) is 0 Å². The average Bonchev–Trinajstić information content (AvgIpc) is 1.58. The Morgan fingerprint density at radius 2 is 1.18 bits per heavy atom. The lowest BCUT2D eigenvalue weighted by Crippen LogP contribution is -2.46. The van der Waals surface area contributed by atoms with Crippen LogP contribution in [0.15, 0.2) is 0 Å². The second-order valence-electron chi connectivity index (χ2n) is 1.57. The first kappa shape index (κ1) is 12.3. The van der Waals surface area contributed by atoms with Crippen LogP contribution in [-0.2, 0) is 0 Å². The number of hydrogen-bond acceptors (Lipinski definition) is 0. The molecule has 0 rings (SSSR count). The van der Waals surface area contributed by atoms with Gasteiger partial charge in [0.2, 0.25) is 1.24 Å². The Morgan fingerprint density at radius 1 is 0.909 bits per heavy atom. The van der Waals surface area contributed by atoms with Crippen LogP contribution < -0.4 is 0 Å². The van der Waals surface area contributed by atoms with E-state index in [-0.39, 0.29) is 0 Å². The van der Waals surface area contributed by atoms with Gasteiger partial charge < -0.3 is 0 Å². The van der Waals surface area contributed by atoms with E-state index in [4.69, 9.17) is 0 Å². The van der Waals surface area contributed by atoms with Crippen LogP contribution >= 0.6 is 54.5 Å². The Balaban J connectivity index is 4.75. The van der Waals surface area contributed by atoms with E-state index < -0.39 is 13.3 Å². The van der Waals surface area contributed by atoms with Crippen molar-refractivity contribution >= 4 is 54.5 Å². The first-order chi connectivity index (χ1) is 4.50. The predicted octanol–water partition coefficient (Wildman–Crippen LogP) is 4.06. The average molecular weight is 418 g/mol. The Morgan fingerprint density at radius 3 is 1.18 bits per heavy atom. The molecule has 0 aromatic heterocycles. The topological polar surface area (TPSA) is 0 Å². The molecule has 0 amide bonds. The number of rotatable bonds is 1. The lowest BCUT2D eigenvalue weighted by molar-refractivity contribution is -0.274. The Labute approximate surface area is 89.3 Å². The summed E-state index contributed by atoms with van der Waals surface area (Å²) in [5.74, 6) is -4.81. The van der Waals surface area contributed by atoms with Crippen molar-refractivity contribution in [3.8, 4) is 0 Å². The highest BCUT2D eigenvalue weighted by molar-refractivity contribution is 14.1. The predicted molar refractivity (Wildman–Crippen MR) is 45.6 cm³/mol. The van der Waals surface area contributed by atoms with Crippen molar-refractivity contribution in [1.29, 1.82) is 0 Å². The first-order valence-corrected chi connectivity index (χ1v) is 4.68. The molecule has 8 heteroatoms. The minimum atomic E-state index is -5.55. The Hall–Kier alpha value is 1.34. The highest BCUT2D eigenvalue weighted by Gasteiger charge is 2.68. The van der Waals surface area contributed by atoms with Crippen molar-refractivity contribution in [2.45, 2.75) is 13.3 Å². The summed E-state index contributed by atoms with van der Waals surface area (Å²) >= 11 is 5.25. The van der Waals surface area contributed by atoms with Crippen molar-refractivity contribution < 1.29 is 22.0 Å². The van der Waals surface area contributed by atoms with Gasteiger partial charge in [-0.15, -0.1) is 0 Å². The molecule has 0 aliphatic rings. The fourth-order valence-corrected chi connectivity index (χ4v) is 0.916. The monoisotopic (exact) mass is 416 g/mol. The molecule has 0 heterocycles. The van der Waals surface area contributed by atoms with E-state index in [1.54, 1.807) is 0 Å². The van der Waals surface area contributed by atoms with Gasteiger partial charge in [0.15, 0.2) is 0 Å². The van der Waals surface area contributed by atoms with E-state index in [1.165, 1.54) is 0 Å². The van der Waals surface area contributed by atoms with Crippen molar-refractivity contribution in [2.75, 3.05) is 0 Å². The molecule has 0 bridgehead atoms. The smallest absolute Gasteiger partial charge is 0.193 e. The van der Waals surface area contributed by atoms with Gasteiger partial charge in [-0.05, 0) is 22.6 Å². The molecular weight excluding hydrogens is 418 g/mol. The third-order valence-electron chi connectivity index (χ3n) is 0.712. The summed E-state index contributed by atoms with van der Waals surface area (Å²) in [5, 5.41) is 0. The van der Waals surface area contributed by atoms with Crippen molar-refractivity contribution in [2.24, 2.45) is 0 Å². The van der Waals surface area contributed by atoms with Crippen LogP contribution in [0.3, 0.4) is 0 Å². The fraction of sp³-hybridized carbons (Fsp3) is 1.00. The molecule has 0 unspecified atom stereocenters. The standard InChI is InChI=1S/C3Br2F5I/c4-2(5,11)1(6,7)3(8,9)10. The Kier molecular flexibility index (Phi) is 3.64. The third-order valence-corrected chi connectivity index (χ3v) is 2.39. The van der Waals surface area contributed by atoms with E-state index in [0.717, 1.165) is 22.6 Å². The third kappa shape index (κ3) is 2.64. The van der Waals surface area contributed by atoms with Gasteiger partial charge in [-0.2, -0.15) is 22.0 Å². The van der Waals surface area contributed by atoms with Crippen LogP contribution in [0.5, 0.6) is 0 Å². The van der Waals surface area contributed by atoms with Gasteiger partial charge in [0, 0.05) is 0 Å². The van der Waals surface area contributed by atoms with Gasteiger partial charge in [-0.1, -0.05) is 31.9 Å². The molecule has 0 saturated carbocycles. The van der Waals surface area contributed by atoms with Gasteiger partial charge >= 0.3 is 12.1 Å². The molecule has 0 atom stereocenters. The maximum absolute atomic E-state index is 12.2. The lowest BCUT2D eigenvalue weighted by Gasteiger charge is -2.26. The quantitative estimate of drug-likeness (QED) is 0.343. The number of alkyl halides is 8. The minimum absolute atomic E-state index is 0.908. The lowest BCUT2D eigenvalue weighted by atomic mass is 10.4. The summed E-state index contributed by atoms with van der Waals surface area (Å²) in [6, 6.07) is 0. The zero-order valence-electron chi connectivity index (χ0n) is 4.52. The normalized spacial score (nSPS) is 15.3. The molecule has 68 valence electrons. The van der Waals surface area contributed by atoms with E-state index in [0.29, 0.717) is 0 Å². The highest BCUT2D eigenvalue weighted by atomic mass is 127. The number of halogens is 8. The van der Waals surface area contributed by atoms with Gasteiger partial charge in [0.25, 0.3) is 0 Å². The summed E-state index contributed by atoms with van der Waals surface area (Å²) in [6.07, 6.45) is -5.55. The van der Waals surface area contributed by atoms with Crippen LogP contribution in [0.25, 0.3) is 0 Å². The SMILES string of the molecule is FC(F)(F)C(F)(F)C(Br)(Br)I. The highest BCUT2D eigenvalue weighted by Crippen LogP contribution is 2.54. The van der Waals surface area contributed by atoms with Crippen molar-refractivity contribution in [1.82, 2.24) is 0 Å². The van der Waals surface area contributed by atoms with E-state index in [9.17, 15) is 22.0 Å². The zero-order valence-corrected chi connectivity index (χ0v) is 9.85. The maximum atomic E-state index is 12.2. The molecule has 0 nitrogen and oxygen atoms in total. The van der Waals surface area contributed by atoms with Crippen LogP contribution in [0.4, 0.5) is 22.0 Å². The largest absolute Gasteiger partial charge is 0.456 e. The second kappa shape index (κ2) is 3.24. The molecule has 0 N–H and O–H groups in total. The van der Waals surface area contributed by atoms with Crippen molar-refractivity contribution in [3.63, 3.8) is 0 Å². The zero-order chi connectivity index (χ0) is 9.50. The molecule has 0 saturated heterocycles. The Bertz CT molecular complexity index is 131. The van der Waals surface area contributed by atoms with Crippen molar-refractivity contribution in [3.05, 3.63) is 0 Å². The molecule has 0 spiro atoms. The van der Waals surface area contributed by atoms with Gasteiger partial charge in [0.05, 0.1) is 0 Å². The van der Waals surface area contributed by atoms with Crippen LogP contribution in [-0.4, -0.2) is 13.3 Å². The summed E-state index contributed by atoms with van der Waals surface area (Å²) in [4.78, 5) is 0. The first-order valence-electron chi connectivity index (χ1n) is 2.01. The maximum Gasteiger partial charge on any atom is 0.456 e. The molecule has 0 aliphatic carbocycles. The van der Waals surface area contributed by atoms with Crippen LogP contribution in [0.2, 0.25) is 0 Å². The molecule has 0 aromatic rings. The fourth-order valence-electron chi connectivity index (χ4n) is 0.161.